The van der Waals surface area contributed by atoms with Crippen LogP contribution in [-0.2, 0) is 6.61 Å². The Morgan fingerprint density at radius 1 is 0.871 bits per heavy atom. The fourth-order valence-electron chi connectivity index (χ4n) is 2.69. The van der Waals surface area contributed by atoms with Gasteiger partial charge in [-0.3, -0.25) is 0 Å². The molecule has 0 atom stereocenters. The van der Waals surface area contributed by atoms with Gasteiger partial charge < -0.3 is 20.1 Å². The van der Waals surface area contributed by atoms with Crippen LogP contribution in [0.4, 0.5) is 17.8 Å². The second-order valence-corrected chi connectivity index (χ2v) is 6.42. The first kappa shape index (κ1) is 21.8. The largest absolute Gasteiger partial charge is 0.493 e. The number of aromatic nitrogens is 3. The zero-order valence-electron chi connectivity index (χ0n) is 17.9. The van der Waals surface area contributed by atoms with Crippen molar-refractivity contribution >= 4 is 24.1 Å². The molecule has 0 spiro atoms. The van der Waals surface area contributed by atoms with Gasteiger partial charge in [0.2, 0.25) is 17.8 Å². The molecule has 0 aliphatic carbocycles. The first-order valence-corrected chi connectivity index (χ1v) is 10.1. The van der Waals surface area contributed by atoms with Crippen LogP contribution < -0.4 is 25.5 Å². The molecule has 1 aromatic heterocycles. The normalized spacial score (nSPS) is 10.7. The fourth-order valence-corrected chi connectivity index (χ4v) is 2.69. The quantitative estimate of drug-likeness (QED) is 0.317. The Bertz CT molecular complexity index is 972. The first-order valence-electron chi connectivity index (χ1n) is 10.1. The molecule has 3 aromatic rings. The third-order valence-electron chi connectivity index (χ3n) is 4.11. The van der Waals surface area contributed by atoms with E-state index in [1.807, 2.05) is 62.4 Å². The van der Waals surface area contributed by atoms with Gasteiger partial charge >= 0.3 is 0 Å². The maximum atomic E-state index is 5.95. The van der Waals surface area contributed by atoms with E-state index in [9.17, 15) is 0 Å². The number of anilines is 3. The van der Waals surface area contributed by atoms with Gasteiger partial charge in [-0.2, -0.15) is 20.1 Å². The number of benzene rings is 2. The topological polar surface area (TPSA) is 106 Å². The molecule has 1 heterocycles. The van der Waals surface area contributed by atoms with Crippen LogP contribution in [0.2, 0.25) is 0 Å². The molecule has 3 rings (SSSR count). The maximum absolute atomic E-state index is 5.95. The minimum atomic E-state index is 0.340. The Balaban J connectivity index is 1.70. The molecule has 0 bridgehead atoms. The van der Waals surface area contributed by atoms with Crippen LogP contribution in [0.5, 0.6) is 11.5 Å². The molecule has 9 nitrogen and oxygen atoms in total. The van der Waals surface area contributed by atoms with Crippen LogP contribution in [0.25, 0.3) is 0 Å². The predicted octanol–water partition coefficient (Wildman–Crippen LogP) is 3.77. The summed E-state index contributed by atoms with van der Waals surface area (Å²) in [4.78, 5) is 12.9. The van der Waals surface area contributed by atoms with Crippen molar-refractivity contribution in [1.82, 2.24) is 15.0 Å². The van der Waals surface area contributed by atoms with Gasteiger partial charge in [0.05, 0.1) is 13.3 Å². The van der Waals surface area contributed by atoms with Crippen molar-refractivity contribution in [3.63, 3.8) is 0 Å². The minimum Gasteiger partial charge on any atom is -0.493 e. The molecule has 0 aliphatic heterocycles. The lowest BCUT2D eigenvalue weighted by Crippen LogP contribution is -2.10. The van der Waals surface area contributed by atoms with Crippen LogP contribution >= 0.6 is 0 Å². The standard InChI is InChI=1S/C22H27N7O2/c1-4-23-20-26-21(24-5-2)28-22(27-20)29-25-14-17-11-12-18(30-3)19(13-17)31-15-16-9-7-6-8-10-16/h6-14H,4-5,15H2,1-3H3,(H3,23,24,26,27,28,29)/b25-14-. The van der Waals surface area contributed by atoms with Crippen molar-refractivity contribution < 1.29 is 9.47 Å². The molecule has 162 valence electrons. The number of methoxy groups -OCH3 is 1. The molecule has 31 heavy (non-hydrogen) atoms. The molecule has 0 fully saturated rings. The van der Waals surface area contributed by atoms with E-state index in [4.69, 9.17) is 9.47 Å². The SMILES string of the molecule is CCNc1nc(NCC)nc(N/N=C\c2ccc(OC)c(OCc3ccccc3)c2)n1. The lowest BCUT2D eigenvalue weighted by molar-refractivity contribution is 0.284. The van der Waals surface area contributed by atoms with Gasteiger partial charge in [0, 0.05) is 13.1 Å². The molecule has 2 aromatic carbocycles. The number of hydrazone groups is 1. The average molecular weight is 422 g/mol. The zero-order chi connectivity index (χ0) is 21.9. The van der Waals surface area contributed by atoms with E-state index in [0.29, 0.717) is 49.0 Å². The molecule has 0 aliphatic rings. The van der Waals surface area contributed by atoms with Crippen LogP contribution in [0.15, 0.2) is 53.6 Å². The van der Waals surface area contributed by atoms with E-state index >= 15 is 0 Å². The van der Waals surface area contributed by atoms with Crippen molar-refractivity contribution in [3.8, 4) is 11.5 Å². The fraction of sp³-hybridized carbons (Fsp3) is 0.273. The van der Waals surface area contributed by atoms with Crippen LogP contribution in [0.3, 0.4) is 0 Å². The second kappa shape index (κ2) is 11.3. The summed E-state index contributed by atoms with van der Waals surface area (Å²) in [7, 11) is 1.62. The van der Waals surface area contributed by atoms with Gasteiger partial charge in [-0.15, -0.1) is 0 Å². The van der Waals surface area contributed by atoms with Crippen molar-refractivity contribution in [2.75, 3.05) is 36.3 Å². The van der Waals surface area contributed by atoms with Crippen LogP contribution in [-0.4, -0.2) is 41.4 Å². The number of hydrogen-bond acceptors (Lipinski definition) is 9. The Morgan fingerprint density at radius 2 is 1.55 bits per heavy atom. The smallest absolute Gasteiger partial charge is 0.250 e. The van der Waals surface area contributed by atoms with Crippen molar-refractivity contribution in [1.29, 1.82) is 0 Å². The summed E-state index contributed by atoms with van der Waals surface area (Å²) in [6.07, 6.45) is 1.67. The molecule has 0 saturated heterocycles. The highest BCUT2D eigenvalue weighted by Gasteiger charge is 2.07. The Hall–Kier alpha value is -3.88. The number of hydrogen-bond donors (Lipinski definition) is 3. The predicted molar refractivity (Wildman–Crippen MR) is 123 cm³/mol. The first-order chi connectivity index (χ1) is 15.2. The Kier molecular flexibility index (Phi) is 7.98. The van der Waals surface area contributed by atoms with E-state index < -0.39 is 0 Å². The summed E-state index contributed by atoms with van der Waals surface area (Å²) in [5.41, 5.74) is 4.77. The zero-order valence-corrected chi connectivity index (χ0v) is 17.9. The molecular formula is C22H27N7O2. The molecule has 0 amide bonds. The minimum absolute atomic E-state index is 0.340. The van der Waals surface area contributed by atoms with Crippen molar-refractivity contribution in [3.05, 3.63) is 59.7 Å². The van der Waals surface area contributed by atoms with E-state index in [1.54, 1.807) is 13.3 Å². The monoisotopic (exact) mass is 421 g/mol. The highest BCUT2D eigenvalue weighted by molar-refractivity contribution is 5.81. The summed E-state index contributed by atoms with van der Waals surface area (Å²) in [6, 6.07) is 15.6. The van der Waals surface area contributed by atoms with Gasteiger partial charge in [-0.25, -0.2) is 5.43 Å². The van der Waals surface area contributed by atoms with Gasteiger partial charge in [0.15, 0.2) is 11.5 Å². The highest BCUT2D eigenvalue weighted by atomic mass is 16.5. The lowest BCUT2D eigenvalue weighted by atomic mass is 10.2. The summed E-state index contributed by atoms with van der Waals surface area (Å²) >= 11 is 0. The summed E-state index contributed by atoms with van der Waals surface area (Å²) < 4.78 is 11.4. The van der Waals surface area contributed by atoms with E-state index in [-0.39, 0.29) is 0 Å². The van der Waals surface area contributed by atoms with Gasteiger partial charge in [-0.05, 0) is 43.2 Å². The molecule has 3 N–H and O–H groups in total. The number of nitrogens with one attached hydrogen (secondary N) is 3. The van der Waals surface area contributed by atoms with Gasteiger partial charge in [0.1, 0.15) is 6.61 Å². The second-order valence-electron chi connectivity index (χ2n) is 6.42. The molecule has 0 unspecified atom stereocenters. The lowest BCUT2D eigenvalue weighted by Gasteiger charge is -2.11. The summed E-state index contributed by atoms with van der Waals surface area (Å²) in [5.74, 6) is 2.59. The number of ether oxygens (including phenoxy) is 2. The third kappa shape index (κ3) is 6.56. The van der Waals surface area contributed by atoms with Gasteiger partial charge in [-0.1, -0.05) is 30.3 Å². The van der Waals surface area contributed by atoms with Crippen LogP contribution in [0, 0.1) is 0 Å². The van der Waals surface area contributed by atoms with E-state index in [0.717, 1.165) is 11.1 Å². The molecule has 0 radical (unpaired) electrons. The number of rotatable bonds is 11. The van der Waals surface area contributed by atoms with Crippen LogP contribution in [0.1, 0.15) is 25.0 Å². The Labute approximate surface area is 182 Å². The van der Waals surface area contributed by atoms with E-state index in [1.165, 1.54) is 0 Å². The van der Waals surface area contributed by atoms with Crippen molar-refractivity contribution in [2.45, 2.75) is 20.5 Å². The summed E-state index contributed by atoms with van der Waals surface area (Å²) in [6.45, 7) is 5.80. The van der Waals surface area contributed by atoms with Crippen molar-refractivity contribution in [2.24, 2.45) is 5.10 Å². The molecule has 0 saturated carbocycles. The third-order valence-corrected chi connectivity index (χ3v) is 4.11. The van der Waals surface area contributed by atoms with E-state index in [2.05, 4.69) is 36.1 Å². The molecule has 9 heteroatoms. The Morgan fingerprint density at radius 3 is 2.19 bits per heavy atom. The molecular weight excluding hydrogens is 394 g/mol. The summed E-state index contributed by atoms with van der Waals surface area (Å²) in [5, 5.41) is 10.4. The highest BCUT2D eigenvalue weighted by Crippen LogP contribution is 2.28. The van der Waals surface area contributed by atoms with Gasteiger partial charge in [0.25, 0.3) is 0 Å². The maximum Gasteiger partial charge on any atom is 0.250 e. The average Bonchev–Trinajstić information content (AvgIpc) is 2.79. The number of nitrogens with zero attached hydrogens (tertiary/aromatic N) is 4.